The highest BCUT2D eigenvalue weighted by molar-refractivity contribution is 4.57. The van der Waals surface area contributed by atoms with Crippen LogP contribution in [0.5, 0.6) is 0 Å². The standard InChI is InChI=1S/C12H28N2O/c1-4-10-14(5-2)11-9-13-8-7-12-15-6-3/h13H,4-12H2,1-3H3. The van der Waals surface area contributed by atoms with Gasteiger partial charge in [-0.3, -0.25) is 0 Å². The van der Waals surface area contributed by atoms with Gasteiger partial charge in [0.1, 0.15) is 0 Å². The first-order valence-electron chi connectivity index (χ1n) is 6.35. The van der Waals surface area contributed by atoms with E-state index >= 15 is 0 Å². The largest absolute Gasteiger partial charge is 0.382 e. The number of nitrogens with one attached hydrogen (secondary N) is 1. The molecular weight excluding hydrogens is 188 g/mol. The van der Waals surface area contributed by atoms with E-state index in [1.807, 2.05) is 6.92 Å². The van der Waals surface area contributed by atoms with Crippen molar-refractivity contribution in [3.8, 4) is 0 Å². The number of hydrogen-bond acceptors (Lipinski definition) is 3. The fourth-order valence-corrected chi connectivity index (χ4v) is 1.55. The summed E-state index contributed by atoms with van der Waals surface area (Å²) in [6.45, 7) is 13.9. The highest BCUT2D eigenvalue weighted by Crippen LogP contribution is 1.89. The van der Waals surface area contributed by atoms with E-state index in [1.54, 1.807) is 0 Å². The SMILES string of the molecule is CCCN(CC)CCNCCCOCC. The summed E-state index contributed by atoms with van der Waals surface area (Å²) in [5.41, 5.74) is 0. The van der Waals surface area contributed by atoms with E-state index in [2.05, 4.69) is 24.1 Å². The second kappa shape index (κ2) is 12.0. The van der Waals surface area contributed by atoms with E-state index in [0.29, 0.717) is 0 Å². The molecule has 0 spiro atoms. The van der Waals surface area contributed by atoms with E-state index in [4.69, 9.17) is 4.74 Å². The normalized spacial score (nSPS) is 11.2. The van der Waals surface area contributed by atoms with Gasteiger partial charge >= 0.3 is 0 Å². The molecule has 0 saturated heterocycles. The Morgan fingerprint density at radius 2 is 1.87 bits per heavy atom. The number of likely N-dealkylation sites (N-methyl/N-ethyl adjacent to an activating group) is 1. The van der Waals surface area contributed by atoms with Gasteiger partial charge < -0.3 is 15.0 Å². The summed E-state index contributed by atoms with van der Waals surface area (Å²) in [7, 11) is 0. The third kappa shape index (κ3) is 10.2. The molecule has 0 aliphatic carbocycles. The highest BCUT2D eigenvalue weighted by Gasteiger charge is 1.98. The molecule has 92 valence electrons. The summed E-state index contributed by atoms with van der Waals surface area (Å²) < 4.78 is 5.27. The van der Waals surface area contributed by atoms with Crippen LogP contribution in [-0.2, 0) is 4.74 Å². The lowest BCUT2D eigenvalue weighted by Crippen LogP contribution is -2.33. The summed E-state index contributed by atoms with van der Waals surface area (Å²) >= 11 is 0. The van der Waals surface area contributed by atoms with Crippen molar-refractivity contribution in [2.45, 2.75) is 33.6 Å². The summed E-state index contributed by atoms with van der Waals surface area (Å²) in [5, 5.41) is 3.45. The van der Waals surface area contributed by atoms with Gasteiger partial charge in [-0.2, -0.15) is 0 Å². The molecule has 3 nitrogen and oxygen atoms in total. The van der Waals surface area contributed by atoms with Crippen LogP contribution in [0.15, 0.2) is 0 Å². The van der Waals surface area contributed by atoms with Crippen LogP contribution in [0.2, 0.25) is 0 Å². The quantitative estimate of drug-likeness (QED) is 0.532. The zero-order valence-electron chi connectivity index (χ0n) is 10.7. The van der Waals surface area contributed by atoms with Crippen LogP contribution in [0.3, 0.4) is 0 Å². The molecule has 0 heterocycles. The lowest BCUT2D eigenvalue weighted by atomic mass is 10.4. The second-order valence-corrected chi connectivity index (χ2v) is 3.73. The second-order valence-electron chi connectivity index (χ2n) is 3.73. The molecule has 0 radical (unpaired) electrons. The van der Waals surface area contributed by atoms with Gasteiger partial charge in [0, 0.05) is 26.3 Å². The monoisotopic (exact) mass is 216 g/mol. The summed E-state index contributed by atoms with van der Waals surface area (Å²) in [6.07, 6.45) is 2.37. The fourth-order valence-electron chi connectivity index (χ4n) is 1.55. The zero-order chi connectivity index (χ0) is 11.4. The van der Waals surface area contributed by atoms with Gasteiger partial charge in [-0.1, -0.05) is 13.8 Å². The van der Waals surface area contributed by atoms with Crippen LogP contribution in [0.4, 0.5) is 0 Å². The van der Waals surface area contributed by atoms with Gasteiger partial charge in [-0.15, -0.1) is 0 Å². The van der Waals surface area contributed by atoms with Gasteiger partial charge in [0.2, 0.25) is 0 Å². The molecule has 0 amide bonds. The summed E-state index contributed by atoms with van der Waals surface area (Å²) in [6, 6.07) is 0. The molecule has 0 aromatic rings. The van der Waals surface area contributed by atoms with Crippen molar-refractivity contribution in [3.05, 3.63) is 0 Å². The van der Waals surface area contributed by atoms with Crippen LogP contribution < -0.4 is 5.32 Å². The maximum absolute atomic E-state index is 5.27. The molecule has 0 atom stereocenters. The van der Waals surface area contributed by atoms with E-state index < -0.39 is 0 Å². The van der Waals surface area contributed by atoms with Crippen molar-refractivity contribution < 1.29 is 4.74 Å². The Bertz CT molecular complexity index is 120. The third-order valence-corrected chi connectivity index (χ3v) is 2.44. The first-order valence-corrected chi connectivity index (χ1v) is 6.35. The summed E-state index contributed by atoms with van der Waals surface area (Å²) in [5.74, 6) is 0. The van der Waals surface area contributed by atoms with Gasteiger partial charge in [0.05, 0.1) is 0 Å². The van der Waals surface area contributed by atoms with E-state index in [0.717, 1.165) is 39.3 Å². The Kier molecular flexibility index (Phi) is 11.9. The molecule has 0 rings (SSSR count). The predicted molar refractivity (Wildman–Crippen MR) is 66.4 cm³/mol. The number of nitrogens with zero attached hydrogens (tertiary/aromatic N) is 1. The lowest BCUT2D eigenvalue weighted by Gasteiger charge is -2.19. The molecule has 0 aliphatic rings. The number of rotatable bonds is 11. The Morgan fingerprint density at radius 3 is 2.47 bits per heavy atom. The Labute approximate surface area is 95.2 Å². The first kappa shape index (κ1) is 14.9. The van der Waals surface area contributed by atoms with Gasteiger partial charge in [-0.25, -0.2) is 0 Å². The maximum atomic E-state index is 5.27. The van der Waals surface area contributed by atoms with Crippen molar-refractivity contribution in [2.24, 2.45) is 0 Å². The smallest absolute Gasteiger partial charge is 0.0477 e. The zero-order valence-corrected chi connectivity index (χ0v) is 10.7. The lowest BCUT2D eigenvalue weighted by molar-refractivity contribution is 0.144. The molecule has 0 aromatic carbocycles. The first-order chi connectivity index (χ1) is 7.35. The van der Waals surface area contributed by atoms with E-state index in [-0.39, 0.29) is 0 Å². The van der Waals surface area contributed by atoms with Crippen LogP contribution in [0.1, 0.15) is 33.6 Å². The average molecular weight is 216 g/mol. The number of ether oxygens (including phenoxy) is 1. The molecule has 0 aromatic heterocycles. The van der Waals surface area contributed by atoms with E-state index in [1.165, 1.54) is 19.5 Å². The molecule has 0 aliphatic heterocycles. The van der Waals surface area contributed by atoms with Crippen molar-refractivity contribution in [2.75, 3.05) is 45.9 Å². The minimum atomic E-state index is 0.833. The average Bonchev–Trinajstić information content (AvgIpc) is 2.26. The predicted octanol–water partition coefficient (Wildman–Crippen LogP) is 1.73. The summed E-state index contributed by atoms with van der Waals surface area (Å²) in [4.78, 5) is 2.48. The molecule has 1 N–H and O–H groups in total. The molecule has 3 heteroatoms. The van der Waals surface area contributed by atoms with Crippen LogP contribution in [0.25, 0.3) is 0 Å². The molecule has 0 saturated carbocycles. The minimum Gasteiger partial charge on any atom is -0.382 e. The minimum absolute atomic E-state index is 0.833. The molecule has 0 bridgehead atoms. The third-order valence-electron chi connectivity index (χ3n) is 2.44. The van der Waals surface area contributed by atoms with Gasteiger partial charge in [-0.05, 0) is 39.4 Å². The van der Waals surface area contributed by atoms with Crippen LogP contribution in [0, 0.1) is 0 Å². The molecular formula is C12H28N2O. The van der Waals surface area contributed by atoms with E-state index in [9.17, 15) is 0 Å². The Hall–Kier alpha value is -0.120. The van der Waals surface area contributed by atoms with Crippen molar-refractivity contribution in [1.29, 1.82) is 0 Å². The van der Waals surface area contributed by atoms with Gasteiger partial charge in [0.15, 0.2) is 0 Å². The Morgan fingerprint density at radius 1 is 1.07 bits per heavy atom. The van der Waals surface area contributed by atoms with Crippen LogP contribution >= 0.6 is 0 Å². The Balaban J connectivity index is 3.14. The van der Waals surface area contributed by atoms with Crippen LogP contribution in [-0.4, -0.2) is 50.8 Å². The topological polar surface area (TPSA) is 24.5 Å². The maximum Gasteiger partial charge on any atom is 0.0477 e. The van der Waals surface area contributed by atoms with Crippen molar-refractivity contribution in [3.63, 3.8) is 0 Å². The number of hydrogen-bond donors (Lipinski definition) is 1. The highest BCUT2D eigenvalue weighted by atomic mass is 16.5. The van der Waals surface area contributed by atoms with Crippen molar-refractivity contribution in [1.82, 2.24) is 10.2 Å². The van der Waals surface area contributed by atoms with Gasteiger partial charge in [0.25, 0.3) is 0 Å². The molecule has 0 fully saturated rings. The molecule has 0 unspecified atom stereocenters. The molecule has 15 heavy (non-hydrogen) atoms. The fraction of sp³-hybridized carbons (Fsp3) is 1.00. The van der Waals surface area contributed by atoms with Crippen molar-refractivity contribution >= 4 is 0 Å².